The normalized spacial score (nSPS) is 12.7. The van der Waals surface area contributed by atoms with E-state index < -0.39 is 22.0 Å². The highest BCUT2D eigenvalue weighted by Gasteiger charge is 2.24. The van der Waals surface area contributed by atoms with E-state index in [2.05, 4.69) is 0 Å². The van der Waals surface area contributed by atoms with Gasteiger partial charge in [0.1, 0.15) is 11.9 Å². The molecule has 3 aromatic carbocycles. The van der Waals surface area contributed by atoms with Gasteiger partial charge in [0.2, 0.25) is 0 Å². The fraction of sp³-hybridized carbons (Fsp3) is 0.190. The summed E-state index contributed by atoms with van der Waals surface area (Å²) in [6, 6.07) is 17.0. The Labute approximate surface area is 158 Å². The number of methoxy groups -OCH3 is 1. The van der Waals surface area contributed by atoms with Gasteiger partial charge in [-0.2, -0.15) is 8.42 Å². The quantitative estimate of drug-likeness (QED) is 0.472. The Morgan fingerprint density at radius 1 is 0.926 bits per heavy atom. The van der Waals surface area contributed by atoms with E-state index in [1.54, 1.807) is 43.5 Å². The Morgan fingerprint density at radius 2 is 1.56 bits per heavy atom. The van der Waals surface area contributed by atoms with Crippen LogP contribution >= 0.6 is 0 Å². The Kier molecular flexibility index (Phi) is 5.30. The third-order valence-corrected chi connectivity index (χ3v) is 5.67. The first-order valence-corrected chi connectivity index (χ1v) is 9.83. The summed E-state index contributed by atoms with van der Waals surface area (Å²) >= 11 is 0. The molecule has 3 aromatic rings. The van der Waals surface area contributed by atoms with Crippen LogP contribution in [0.4, 0.5) is 0 Å². The van der Waals surface area contributed by atoms with Gasteiger partial charge < -0.3 is 4.74 Å². The lowest BCUT2D eigenvalue weighted by atomic mass is 10.0. The molecule has 0 amide bonds. The molecule has 0 fully saturated rings. The van der Waals surface area contributed by atoms with Gasteiger partial charge in [0.25, 0.3) is 10.1 Å². The van der Waals surface area contributed by atoms with Crippen molar-refractivity contribution < 1.29 is 22.1 Å². The maximum absolute atomic E-state index is 12.7. The summed E-state index contributed by atoms with van der Waals surface area (Å²) in [6.07, 6.45) is -1.13. The van der Waals surface area contributed by atoms with Gasteiger partial charge in [0.05, 0.1) is 12.0 Å². The summed E-state index contributed by atoms with van der Waals surface area (Å²) in [5.41, 5.74) is 1.32. The van der Waals surface area contributed by atoms with Crippen molar-refractivity contribution in [2.45, 2.75) is 24.8 Å². The molecule has 0 unspecified atom stereocenters. The highest BCUT2D eigenvalue weighted by atomic mass is 32.2. The number of carbonyl (C=O) groups excluding carboxylic acids is 1. The van der Waals surface area contributed by atoms with Gasteiger partial charge in [-0.05, 0) is 55.0 Å². The molecule has 0 N–H and O–H groups in total. The zero-order valence-electron chi connectivity index (χ0n) is 15.3. The van der Waals surface area contributed by atoms with Crippen molar-refractivity contribution in [3.8, 4) is 5.75 Å². The number of rotatable bonds is 6. The van der Waals surface area contributed by atoms with Crippen LogP contribution in [-0.2, 0) is 14.3 Å². The number of aryl methyl sites for hydroxylation is 1. The van der Waals surface area contributed by atoms with E-state index in [0.29, 0.717) is 5.56 Å². The molecule has 5 nitrogen and oxygen atoms in total. The molecule has 0 saturated carbocycles. The van der Waals surface area contributed by atoms with Crippen molar-refractivity contribution in [3.05, 3.63) is 71.8 Å². The molecule has 0 saturated heterocycles. The van der Waals surface area contributed by atoms with Crippen molar-refractivity contribution in [1.29, 1.82) is 0 Å². The van der Waals surface area contributed by atoms with Crippen LogP contribution in [0.5, 0.6) is 5.75 Å². The summed E-state index contributed by atoms with van der Waals surface area (Å²) in [5.74, 6) is 0.325. The average molecular weight is 384 g/mol. The SMILES string of the molecule is COc1ccc2cc(C(=O)[C@@H](C)OS(=O)(=O)c3ccc(C)cc3)ccc2c1. The fourth-order valence-electron chi connectivity index (χ4n) is 2.73. The average Bonchev–Trinajstić information content (AvgIpc) is 2.66. The first kappa shape index (κ1) is 19.1. The summed E-state index contributed by atoms with van der Waals surface area (Å²) in [6.45, 7) is 3.30. The third kappa shape index (κ3) is 4.18. The fourth-order valence-corrected chi connectivity index (χ4v) is 3.78. The molecule has 0 heterocycles. The van der Waals surface area contributed by atoms with E-state index in [0.717, 1.165) is 22.1 Å². The predicted molar refractivity (Wildman–Crippen MR) is 104 cm³/mol. The lowest BCUT2D eigenvalue weighted by molar-refractivity contribution is 0.0826. The van der Waals surface area contributed by atoms with Crippen molar-refractivity contribution in [3.63, 3.8) is 0 Å². The number of ether oxygens (including phenoxy) is 1. The molecular weight excluding hydrogens is 364 g/mol. The lowest BCUT2D eigenvalue weighted by Crippen LogP contribution is -2.24. The van der Waals surface area contributed by atoms with Gasteiger partial charge in [-0.15, -0.1) is 0 Å². The van der Waals surface area contributed by atoms with Gasteiger partial charge in [0.15, 0.2) is 5.78 Å². The Bertz CT molecular complexity index is 1090. The Morgan fingerprint density at radius 3 is 2.22 bits per heavy atom. The van der Waals surface area contributed by atoms with Crippen LogP contribution in [0, 0.1) is 6.92 Å². The minimum absolute atomic E-state index is 0.0263. The van der Waals surface area contributed by atoms with Crippen molar-refractivity contribution >= 4 is 26.7 Å². The summed E-state index contributed by atoms with van der Waals surface area (Å²) in [5, 5.41) is 1.78. The van der Waals surface area contributed by atoms with Crippen LogP contribution in [0.2, 0.25) is 0 Å². The molecule has 0 spiro atoms. The molecule has 0 aliphatic carbocycles. The van der Waals surface area contributed by atoms with Gasteiger partial charge in [-0.1, -0.05) is 35.9 Å². The summed E-state index contributed by atoms with van der Waals surface area (Å²) in [7, 11) is -2.43. The molecule has 0 radical (unpaired) electrons. The minimum Gasteiger partial charge on any atom is -0.497 e. The number of hydrogen-bond donors (Lipinski definition) is 0. The van der Waals surface area contributed by atoms with Crippen LogP contribution < -0.4 is 4.74 Å². The predicted octanol–water partition coefficient (Wildman–Crippen LogP) is 4.13. The van der Waals surface area contributed by atoms with Gasteiger partial charge >= 0.3 is 0 Å². The number of hydrogen-bond acceptors (Lipinski definition) is 5. The van der Waals surface area contributed by atoms with Crippen LogP contribution in [0.3, 0.4) is 0 Å². The molecule has 1 atom stereocenters. The smallest absolute Gasteiger partial charge is 0.297 e. The van der Waals surface area contributed by atoms with E-state index in [-0.39, 0.29) is 4.90 Å². The molecular formula is C21H20O5S. The Hall–Kier alpha value is -2.70. The number of Topliss-reactive ketones (excluding diaryl/α,β-unsaturated/α-hetero) is 1. The lowest BCUT2D eigenvalue weighted by Gasteiger charge is -2.13. The van der Waals surface area contributed by atoms with Gasteiger partial charge in [0, 0.05) is 5.56 Å². The van der Waals surface area contributed by atoms with Crippen molar-refractivity contribution in [2.24, 2.45) is 0 Å². The van der Waals surface area contributed by atoms with Crippen LogP contribution in [0.15, 0.2) is 65.6 Å². The second-order valence-electron chi connectivity index (χ2n) is 6.30. The van der Waals surface area contributed by atoms with Crippen molar-refractivity contribution in [1.82, 2.24) is 0 Å². The van der Waals surface area contributed by atoms with Gasteiger partial charge in [-0.3, -0.25) is 8.98 Å². The maximum atomic E-state index is 12.7. The molecule has 0 aromatic heterocycles. The topological polar surface area (TPSA) is 69.7 Å². The molecule has 0 aliphatic heterocycles. The van der Waals surface area contributed by atoms with Gasteiger partial charge in [-0.25, -0.2) is 0 Å². The highest BCUT2D eigenvalue weighted by molar-refractivity contribution is 7.86. The largest absolute Gasteiger partial charge is 0.497 e. The van der Waals surface area contributed by atoms with E-state index in [1.165, 1.54) is 19.1 Å². The Balaban J connectivity index is 1.82. The zero-order valence-corrected chi connectivity index (χ0v) is 16.1. The molecule has 140 valence electrons. The number of benzene rings is 3. The van der Waals surface area contributed by atoms with Crippen molar-refractivity contribution in [2.75, 3.05) is 7.11 Å². The maximum Gasteiger partial charge on any atom is 0.297 e. The van der Waals surface area contributed by atoms with E-state index in [1.807, 2.05) is 19.1 Å². The standard InChI is InChI=1S/C21H20O5S/c1-14-4-10-20(11-5-14)27(23,24)26-15(2)21(22)18-7-6-17-13-19(25-3)9-8-16(17)12-18/h4-13,15H,1-3H3/t15-/m1/s1. The molecule has 3 rings (SSSR count). The monoisotopic (exact) mass is 384 g/mol. The molecule has 0 aliphatic rings. The second kappa shape index (κ2) is 7.50. The number of carbonyl (C=O) groups is 1. The minimum atomic E-state index is -4.02. The molecule has 6 heteroatoms. The first-order valence-electron chi connectivity index (χ1n) is 8.42. The van der Waals surface area contributed by atoms with E-state index in [9.17, 15) is 13.2 Å². The van der Waals surface area contributed by atoms with Crippen LogP contribution in [0.25, 0.3) is 10.8 Å². The summed E-state index contributed by atoms with van der Waals surface area (Å²) in [4.78, 5) is 12.7. The molecule has 0 bridgehead atoms. The highest BCUT2D eigenvalue weighted by Crippen LogP contribution is 2.23. The first-order chi connectivity index (χ1) is 12.8. The van der Waals surface area contributed by atoms with E-state index in [4.69, 9.17) is 8.92 Å². The van der Waals surface area contributed by atoms with Crippen LogP contribution in [0.1, 0.15) is 22.8 Å². The summed E-state index contributed by atoms with van der Waals surface area (Å²) < 4.78 is 35.1. The van der Waals surface area contributed by atoms with E-state index >= 15 is 0 Å². The second-order valence-corrected chi connectivity index (χ2v) is 7.87. The number of fused-ring (bicyclic) bond motifs is 1. The van der Waals surface area contributed by atoms with Crippen LogP contribution in [-0.4, -0.2) is 27.4 Å². The molecule has 27 heavy (non-hydrogen) atoms. The number of ketones is 1. The zero-order chi connectivity index (χ0) is 19.6. The third-order valence-electron chi connectivity index (χ3n) is 4.28.